The fraction of sp³-hybridized carbons (Fsp3) is 0.417. The van der Waals surface area contributed by atoms with Crippen LogP contribution in [-0.4, -0.2) is 37.3 Å². The third-order valence-electron chi connectivity index (χ3n) is 2.11. The number of benzene rings is 1. The molecular formula is C12H15FO4. The van der Waals surface area contributed by atoms with E-state index in [9.17, 15) is 14.3 Å². The molecule has 0 aliphatic rings. The van der Waals surface area contributed by atoms with Gasteiger partial charge in [-0.25, -0.2) is 4.39 Å². The van der Waals surface area contributed by atoms with Crippen LogP contribution >= 0.6 is 0 Å². The van der Waals surface area contributed by atoms with Crippen molar-refractivity contribution in [2.45, 2.75) is 13.0 Å². The van der Waals surface area contributed by atoms with Gasteiger partial charge in [0.15, 0.2) is 5.78 Å². The van der Waals surface area contributed by atoms with Crippen molar-refractivity contribution in [3.63, 3.8) is 0 Å². The number of hydrogen-bond acceptors (Lipinski definition) is 4. The zero-order chi connectivity index (χ0) is 12.8. The highest BCUT2D eigenvalue weighted by molar-refractivity contribution is 5.96. The molecule has 0 radical (unpaired) electrons. The van der Waals surface area contributed by atoms with Crippen LogP contribution in [0.15, 0.2) is 18.2 Å². The Labute approximate surface area is 99.0 Å². The van der Waals surface area contributed by atoms with Crippen LogP contribution in [0.4, 0.5) is 4.39 Å². The highest BCUT2D eigenvalue weighted by Crippen LogP contribution is 2.20. The summed E-state index contributed by atoms with van der Waals surface area (Å²) in [6.45, 7) is 1.45. The Morgan fingerprint density at radius 3 is 2.76 bits per heavy atom. The summed E-state index contributed by atoms with van der Waals surface area (Å²) in [6, 6.07) is 3.68. The highest BCUT2D eigenvalue weighted by Gasteiger charge is 2.12. The van der Waals surface area contributed by atoms with Gasteiger partial charge in [-0.1, -0.05) is 0 Å². The summed E-state index contributed by atoms with van der Waals surface area (Å²) in [5, 5.41) is 9.39. The van der Waals surface area contributed by atoms with E-state index in [4.69, 9.17) is 9.47 Å². The van der Waals surface area contributed by atoms with Crippen molar-refractivity contribution < 1.29 is 23.8 Å². The molecule has 1 N–H and O–H groups in total. The summed E-state index contributed by atoms with van der Waals surface area (Å²) in [5.41, 5.74) is 0.162. The van der Waals surface area contributed by atoms with Gasteiger partial charge in [0.25, 0.3) is 0 Å². The second-order valence-electron chi connectivity index (χ2n) is 3.62. The largest absolute Gasteiger partial charge is 0.490 e. The first kappa shape index (κ1) is 13.6. The summed E-state index contributed by atoms with van der Waals surface area (Å²) < 4.78 is 22.9. The molecule has 0 fully saturated rings. The molecule has 1 aromatic rings. The lowest BCUT2D eigenvalue weighted by molar-refractivity contribution is 0.0323. The van der Waals surface area contributed by atoms with Crippen LogP contribution in [0.25, 0.3) is 0 Å². The maximum absolute atomic E-state index is 12.9. The predicted molar refractivity (Wildman–Crippen MR) is 59.8 cm³/mol. The first-order valence-corrected chi connectivity index (χ1v) is 5.15. The average molecular weight is 242 g/mol. The van der Waals surface area contributed by atoms with Crippen molar-refractivity contribution in [2.24, 2.45) is 0 Å². The van der Waals surface area contributed by atoms with Gasteiger partial charge in [0.05, 0.1) is 12.2 Å². The smallest absolute Gasteiger partial charge is 0.163 e. The minimum absolute atomic E-state index is 0.0141. The lowest BCUT2D eigenvalue weighted by Crippen LogP contribution is -2.23. The van der Waals surface area contributed by atoms with Gasteiger partial charge in [-0.15, -0.1) is 0 Å². The van der Waals surface area contributed by atoms with Crippen molar-refractivity contribution in [1.82, 2.24) is 0 Å². The number of aliphatic hydroxyl groups excluding tert-OH is 1. The molecule has 0 bridgehead atoms. The van der Waals surface area contributed by atoms with Crippen LogP contribution in [-0.2, 0) is 4.74 Å². The topological polar surface area (TPSA) is 55.8 Å². The van der Waals surface area contributed by atoms with E-state index in [2.05, 4.69) is 0 Å². The summed E-state index contributed by atoms with van der Waals surface area (Å²) in [4.78, 5) is 11.3. The Kier molecular flexibility index (Phi) is 5.06. The number of carbonyl (C=O) groups excluding carboxylic acids is 1. The number of hydrogen-bond donors (Lipinski definition) is 1. The second kappa shape index (κ2) is 6.32. The van der Waals surface area contributed by atoms with E-state index in [-0.39, 0.29) is 30.3 Å². The lowest BCUT2D eigenvalue weighted by atomic mass is 10.1. The van der Waals surface area contributed by atoms with E-state index in [0.717, 1.165) is 6.07 Å². The summed E-state index contributed by atoms with van der Waals surface area (Å²) in [6.07, 6.45) is -0.787. The minimum atomic E-state index is -0.787. The molecule has 0 saturated carbocycles. The second-order valence-corrected chi connectivity index (χ2v) is 3.62. The van der Waals surface area contributed by atoms with Crippen LogP contribution in [0.1, 0.15) is 17.3 Å². The zero-order valence-electron chi connectivity index (χ0n) is 9.77. The third kappa shape index (κ3) is 4.13. The van der Waals surface area contributed by atoms with Crippen molar-refractivity contribution in [3.05, 3.63) is 29.6 Å². The number of rotatable bonds is 6. The van der Waals surface area contributed by atoms with Gasteiger partial charge in [-0.2, -0.15) is 0 Å². The number of ether oxygens (including phenoxy) is 2. The van der Waals surface area contributed by atoms with Gasteiger partial charge >= 0.3 is 0 Å². The number of methoxy groups -OCH3 is 1. The quantitative estimate of drug-likeness (QED) is 0.766. The average Bonchev–Trinajstić information content (AvgIpc) is 2.27. The Hall–Kier alpha value is -1.46. The van der Waals surface area contributed by atoms with Crippen LogP contribution in [0, 0.1) is 5.82 Å². The van der Waals surface area contributed by atoms with Gasteiger partial charge < -0.3 is 14.6 Å². The molecule has 0 aliphatic carbocycles. The third-order valence-corrected chi connectivity index (χ3v) is 2.11. The molecule has 0 spiro atoms. The molecule has 4 nitrogen and oxygen atoms in total. The van der Waals surface area contributed by atoms with Gasteiger partial charge in [0.1, 0.15) is 24.3 Å². The Balaban J connectivity index is 2.73. The normalized spacial score (nSPS) is 12.2. The molecule has 0 amide bonds. The zero-order valence-corrected chi connectivity index (χ0v) is 9.77. The molecule has 5 heteroatoms. The molecule has 94 valence electrons. The Morgan fingerprint density at radius 1 is 1.47 bits per heavy atom. The van der Waals surface area contributed by atoms with Crippen LogP contribution in [0.5, 0.6) is 5.75 Å². The molecule has 17 heavy (non-hydrogen) atoms. The molecule has 0 aliphatic heterocycles. The molecule has 0 aromatic heterocycles. The van der Waals surface area contributed by atoms with Gasteiger partial charge in [0.2, 0.25) is 0 Å². The van der Waals surface area contributed by atoms with Crippen LogP contribution in [0.3, 0.4) is 0 Å². The Morgan fingerprint density at radius 2 is 2.18 bits per heavy atom. The summed E-state index contributed by atoms with van der Waals surface area (Å²) in [5.74, 6) is -0.533. The molecule has 1 aromatic carbocycles. The van der Waals surface area contributed by atoms with Crippen molar-refractivity contribution in [1.29, 1.82) is 0 Å². The standard InChI is InChI=1S/C12H15FO4/c1-8(14)11-5-9(13)3-4-12(11)17-7-10(15)6-16-2/h3-5,10,15H,6-7H2,1-2H3. The number of ketones is 1. The fourth-order valence-corrected chi connectivity index (χ4v) is 1.33. The van der Waals surface area contributed by atoms with E-state index >= 15 is 0 Å². The van der Waals surface area contributed by atoms with Crippen LogP contribution < -0.4 is 4.74 Å². The van der Waals surface area contributed by atoms with E-state index in [1.165, 1.54) is 26.2 Å². The van der Waals surface area contributed by atoms with E-state index in [1.807, 2.05) is 0 Å². The van der Waals surface area contributed by atoms with E-state index < -0.39 is 11.9 Å². The molecule has 0 heterocycles. The lowest BCUT2D eigenvalue weighted by Gasteiger charge is -2.13. The predicted octanol–water partition coefficient (Wildman–Crippen LogP) is 1.41. The van der Waals surface area contributed by atoms with Gasteiger partial charge in [0, 0.05) is 7.11 Å². The maximum atomic E-state index is 12.9. The number of Topliss-reactive ketones (excluding diaryl/α,β-unsaturated/α-hetero) is 1. The molecular weight excluding hydrogens is 227 g/mol. The van der Waals surface area contributed by atoms with Crippen LogP contribution in [0.2, 0.25) is 0 Å². The van der Waals surface area contributed by atoms with E-state index in [1.54, 1.807) is 0 Å². The molecule has 0 saturated heterocycles. The Bertz CT molecular complexity index is 392. The van der Waals surface area contributed by atoms with Gasteiger partial charge in [-0.05, 0) is 25.1 Å². The van der Waals surface area contributed by atoms with Crippen molar-refractivity contribution in [3.8, 4) is 5.75 Å². The fourth-order valence-electron chi connectivity index (χ4n) is 1.33. The number of aliphatic hydroxyl groups is 1. The SMILES string of the molecule is COCC(O)COc1ccc(F)cc1C(C)=O. The molecule has 1 rings (SSSR count). The van der Waals surface area contributed by atoms with Crippen molar-refractivity contribution in [2.75, 3.05) is 20.3 Å². The maximum Gasteiger partial charge on any atom is 0.163 e. The first-order chi connectivity index (χ1) is 8.04. The minimum Gasteiger partial charge on any atom is -0.490 e. The summed E-state index contributed by atoms with van der Waals surface area (Å²) in [7, 11) is 1.46. The first-order valence-electron chi connectivity index (χ1n) is 5.15. The highest BCUT2D eigenvalue weighted by atomic mass is 19.1. The monoisotopic (exact) mass is 242 g/mol. The number of carbonyl (C=O) groups is 1. The number of halogens is 1. The van der Waals surface area contributed by atoms with E-state index in [0.29, 0.717) is 0 Å². The van der Waals surface area contributed by atoms with Gasteiger partial charge in [-0.3, -0.25) is 4.79 Å². The van der Waals surface area contributed by atoms with Crippen molar-refractivity contribution >= 4 is 5.78 Å². The molecule has 1 atom stereocenters. The molecule has 1 unspecified atom stereocenters. The summed E-state index contributed by atoms with van der Waals surface area (Å²) >= 11 is 0.